The van der Waals surface area contributed by atoms with Crippen LogP contribution < -0.4 is 9.08 Å². The van der Waals surface area contributed by atoms with E-state index in [1.807, 2.05) is 43.3 Å². The summed E-state index contributed by atoms with van der Waals surface area (Å²) in [6.45, 7) is 0. The number of anilines is 1. The maximum atomic E-state index is 12.1. The van der Waals surface area contributed by atoms with Gasteiger partial charge in [0.05, 0.1) is 5.75 Å². The first-order valence-electron chi connectivity index (χ1n) is 7.92. The van der Waals surface area contributed by atoms with Crippen molar-refractivity contribution >= 4 is 15.8 Å². The molecular formula is C18H20F3NO3S. The predicted octanol–water partition coefficient (Wildman–Crippen LogP) is 4.47. The van der Waals surface area contributed by atoms with Crippen LogP contribution >= 0.6 is 0 Å². The zero-order chi connectivity index (χ0) is 19.4. The number of alkyl halides is 3. The minimum Gasteiger partial charge on any atom is -0.382 e. The molecule has 0 aliphatic heterocycles. The highest BCUT2D eigenvalue weighted by Gasteiger charge is 2.27. The van der Waals surface area contributed by atoms with Gasteiger partial charge in [-0.1, -0.05) is 24.3 Å². The molecule has 0 saturated carbocycles. The van der Waals surface area contributed by atoms with Gasteiger partial charge in [0.25, 0.3) is 0 Å². The van der Waals surface area contributed by atoms with Gasteiger partial charge in [0, 0.05) is 26.2 Å². The summed E-state index contributed by atoms with van der Waals surface area (Å²) in [5.74, 6) is -0.614. The Morgan fingerprint density at radius 3 is 2.23 bits per heavy atom. The Balaban J connectivity index is 2.13. The highest BCUT2D eigenvalue weighted by atomic mass is 32.2. The minimum absolute atomic E-state index is 0.0739. The van der Waals surface area contributed by atoms with Crippen LogP contribution in [0.2, 0.25) is 0 Å². The van der Waals surface area contributed by atoms with Crippen LogP contribution in [0.25, 0.3) is 11.1 Å². The van der Waals surface area contributed by atoms with Gasteiger partial charge in [-0.2, -0.15) is 21.6 Å². The fourth-order valence-electron chi connectivity index (χ4n) is 2.33. The second-order valence-electron chi connectivity index (χ2n) is 6.04. The highest BCUT2D eigenvalue weighted by Crippen LogP contribution is 2.28. The Kier molecular flexibility index (Phi) is 6.17. The van der Waals surface area contributed by atoms with Crippen molar-refractivity contribution in [1.29, 1.82) is 0 Å². The lowest BCUT2D eigenvalue weighted by Crippen LogP contribution is -2.16. The SMILES string of the molecule is CN(C)c1cccc(-c2cccc(OS(=O)(=O)CCCC(F)(F)F)c2)c1. The summed E-state index contributed by atoms with van der Waals surface area (Å²) in [6.07, 6.45) is -6.07. The molecule has 0 aliphatic carbocycles. The number of hydrogen-bond acceptors (Lipinski definition) is 4. The average molecular weight is 387 g/mol. The Morgan fingerprint density at radius 2 is 1.62 bits per heavy atom. The summed E-state index contributed by atoms with van der Waals surface area (Å²) in [7, 11) is -0.268. The smallest absolute Gasteiger partial charge is 0.382 e. The minimum atomic E-state index is -4.38. The van der Waals surface area contributed by atoms with E-state index in [0.717, 1.165) is 16.8 Å². The van der Waals surface area contributed by atoms with Crippen LogP contribution in [0.3, 0.4) is 0 Å². The fourth-order valence-corrected chi connectivity index (χ4v) is 3.31. The summed E-state index contributed by atoms with van der Waals surface area (Å²) in [5, 5.41) is 0. The van der Waals surface area contributed by atoms with Crippen molar-refractivity contribution in [3.63, 3.8) is 0 Å². The monoisotopic (exact) mass is 387 g/mol. The Morgan fingerprint density at radius 1 is 1.00 bits per heavy atom. The Bertz CT molecular complexity index is 849. The average Bonchev–Trinajstić information content (AvgIpc) is 2.53. The van der Waals surface area contributed by atoms with Gasteiger partial charge in [-0.05, 0) is 41.8 Å². The number of halogens is 3. The molecule has 142 valence electrons. The van der Waals surface area contributed by atoms with Gasteiger partial charge >= 0.3 is 16.3 Å². The van der Waals surface area contributed by atoms with E-state index in [2.05, 4.69) is 0 Å². The van der Waals surface area contributed by atoms with E-state index in [1.54, 1.807) is 18.2 Å². The molecule has 0 unspecified atom stereocenters. The summed E-state index contributed by atoms with van der Waals surface area (Å²) in [6, 6.07) is 14.1. The standard InChI is InChI=1S/C18H20F3NO3S/c1-22(2)16-8-3-6-14(12-16)15-7-4-9-17(13-15)25-26(23,24)11-5-10-18(19,20)21/h3-4,6-9,12-13H,5,10-11H2,1-2H3. The van der Waals surface area contributed by atoms with Crippen molar-refractivity contribution in [2.45, 2.75) is 19.0 Å². The number of rotatable bonds is 7. The van der Waals surface area contributed by atoms with Gasteiger partial charge in [0.1, 0.15) is 5.75 Å². The van der Waals surface area contributed by atoms with Gasteiger partial charge < -0.3 is 9.08 Å². The van der Waals surface area contributed by atoms with E-state index in [4.69, 9.17) is 4.18 Å². The lowest BCUT2D eigenvalue weighted by atomic mass is 10.0. The molecule has 0 saturated heterocycles. The van der Waals surface area contributed by atoms with Crippen LogP contribution in [-0.2, 0) is 10.1 Å². The Labute approximate surface area is 151 Å². The normalized spacial score (nSPS) is 12.0. The van der Waals surface area contributed by atoms with E-state index in [-0.39, 0.29) is 5.75 Å². The zero-order valence-electron chi connectivity index (χ0n) is 14.5. The second kappa shape index (κ2) is 7.99. The van der Waals surface area contributed by atoms with Crippen molar-refractivity contribution in [3.05, 3.63) is 48.5 Å². The van der Waals surface area contributed by atoms with Crippen LogP contribution in [0.5, 0.6) is 5.75 Å². The van der Waals surface area contributed by atoms with Gasteiger partial charge in [-0.3, -0.25) is 0 Å². The van der Waals surface area contributed by atoms with Crippen LogP contribution in [0.4, 0.5) is 18.9 Å². The maximum absolute atomic E-state index is 12.1. The van der Waals surface area contributed by atoms with Gasteiger partial charge in [0.15, 0.2) is 0 Å². The van der Waals surface area contributed by atoms with E-state index in [9.17, 15) is 21.6 Å². The van der Waals surface area contributed by atoms with E-state index in [1.165, 1.54) is 6.07 Å². The number of benzene rings is 2. The highest BCUT2D eigenvalue weighted by molar-refractivity contribution is 7.87. The summed E-state index contributed by atoms with van der Waals surface area (Å²) < 4.78 is 65.2. The molecule has 0 spiro atoms. The van der Waals surface area contributed by atoms with E-state index < -0.39 is 34.9 Å². The molecule has 0 radical (unpaired) electrons. The topological polar surface area (TPSA) is 46.6 Å². The van der Waals surface area contributed by atoms with Gasteiger partial charge in [-0.25, -0.2) is 0 Å². The number of hydrogen-bond donors (Lipinski definition) is 0. The number of nitrogens with zero attached hydrogens (tertiary/aromatic N) is 1. The lowest BCUT2D eigenvalue weighted by molar-refractivity contribution is -0.134. The van der Waals surface area contributed by atoms with E-state index >= 15 is 0 Å². The molecule has 26 heavy (non-hydrogen) atoms. The van der Waals surface area contributed by atoms with Gasteiger partial charge in [-0.15, -0.1) is 0 Å². The third kappa shape index (κ3) is 6.25. The molecule has 2 aromatic rings. The van der Waals surface area contributed by atoms with Crippen molar-refractivity contribution in [1.82, 2.24) is 0 Å². The molecule has 2 aromatic carbocycles. The molecule has 0 bridgehead atoms. The molecule has 8 heteroatoms. The molecule has 0 aromatic heterocycles. The van der Waals surface area contributed by atoms with Crippen LogP contribution in [0, 0.1) is 0 Å². The first kappa shape index (κ1) is 20.1. The van der Waals surface area contributed by atoms with Crippen molar-refractivity contribution in [2.75, 3.05) is 24.7 Å². The predicted molar refractivity (Wildman–Crippen MR) is 95.9 cm³/mol. The second-order valence-corrected chi connectivity index (χ2v) is 7.73. The van der Waals surface area contributed by atoms with Crippen molar-refractivity contribution < 1.29 is 25.8 Å². The third-order valence-electron chi connectivity index (χ3n) is 3.61. The zero-order valence-corrected chi connectivity index (χ0v) is 15.3. The fraction of sp³-hybridized carbons (Fsp3) is 0.333. The molecule has 0 heterocycles. The van der Waals surface area contributed by atoms with Crippen LogP contribution in [0.1, 0.15) is 12.8 Å². The first-order chi connectivity index (χ1) is 12.1. The molecule has 0 amide bonds. The first-order valence-corrected chi connectivity index (χ1v) is 9.50. The summed E-state index contributed by atoms with van der Waals surface area (Å²) in [4.78, 5) is 1.94. The summed E-state index contributed by atoms with van der Waals surface area (Å²) >= 11 is 0. The third-order valence-corrected chi connectivity index (χ3v) is 4.84. The van der Waals surface area contributed by atoms with Crippen molar-refractivity contribution in [2.24, 2.45) is 0 Å². The lowest BCUT2D eigenvalue weighted by Gasteiger charge is -2.14. The largest absolute Gasteiger partial charge is 0.389 e. The molecular weight excluding hydrogens is 367 g/mol. The van der Waals surface area contributed by atoms with Gasteiger partial charge in [0.2, 0.25) is 0 Å². The molecule has 0 aliphatic rings. The molecule has 0 atom stereocenters. The van der Waals surface area contributed by atoms with Crippen molar-refractivity contribution in [3.8, 4) is 16.9 Å². The Hall–Kier alpha value is -2.22. The quantitative estimate of drug-likeness (QED) is 0.658. The van der Waals surface area contributed by atoms with Crippen LogP contribution in [0.15, 0.2) is 48.5 Å². The maximum Gasteiger partial charge on any atom is 0.389 e. The molecule has 0 fully saturated rings. The summed E-state index contributed by atoms with van der Waals surface area (Å²) in [5.41, 5.74) is 2.60. The van der Waals surface area contributed by atoms with E-state index in [0.29, 0.717) is 0 Å². The molecule has 0 N–H and O–H groups in total. The molecule has 4 nitrogen and oxygen atoms in total. The van der Waals surface area contributed by atoms with Crippen LogP contribution in [-0.4, -0.2) is 34.4 Å². The molecule has 2 rings (SSSR count).